The minimum Gasteiger partial charge on any atom is -0.497 e. The van der Waals surface area contributed by atoms with Crippen LogP contribution < -0.4 is 14.8 Å². The zero-order chi connectivity index (χ0) is 27.5. The van der Waals surface area contributed by atoms with Crippen molar-refractivity contribution in [1.29, 1.82) is 0 Å². The average Bonchev–Trinajstić information content (AvgIpc) is 3.57. The minimum absolute atomic E-state index is 0.105. The van der Waals surface area contributed by atoms with E-state index >= 15 is 0 Å². The van der Waals surface area contributed by atoms with Crippen LogP contribution in [0.15, 0.2) is 48.5 Å². The molecule has 2 aromatic carbocycles. The molecule has 0 spiro atoms. The Labute approximate surface area is 239 Å². The maximum Gasteiger partial charge on any atom is 0.230 e. The molecule has 1 N–H and O–H groups in total. The van der Waals surface area contributed by atoms with Crippen molar-refractivity contribution < 1.29 is 19.1 Å². The van der Waals surface area contributed by atoms with Gasteiger partial charge >= 0.3 is 0 Å². The van der Waals surface area contributed by atoms with Gasteiger partial charge in [0, 0.05) is 19.3 Å². The zero-order valence-electron chi connectivity index (χ0n) is 21.7. The lowest BCUT2D eigenvalue weighted by atomic mass is 10.1. The summed E-state index contributed by atoms with van der Waals surface area (Å²) >= 11 is 4.69. The summed E-state index contributed by atoms with van der Waals surface area (Å²) in [6, 6.07) is 15.0. The van der Waals surface area contributed by atoms with Crippen LogP contribution in [0.25, 0.3) is 0 Å². The summed E-state index contributed by atoms with van der Waals surface area (Å²) in [4.78, 5) is 24.8. The highest BCUT2D eigenvalue weighted by Gasteiger charge is 2.12. The SMILES string of the molecule is COc1cccc(CC(=O)Cc2nnc(CCSCCc3nnc(NC(=O)Cc4cccc(OC)c4)s3)s2)c1. The van der Waals surface area contributed by atoms with E-state index in [2.05, 4.69) is 25.7 Å². The number of Topliss-reactive ketones (excluding diaryl/α,β-unsaturated/α-hetero) is 1. The number of aryl methyl sites for hydroxylation is 2. The number of carbonyl (C=O) groups excluding carboxylic acids is 2. The Morgan fingerprint density at radius 3 is 2.03 bits per heavy atom. The fourth-order valence-electron chi connectivity index (χ4n) is 3.66. The quantitative estimate of drug-likeness (QED) is 0.203. The summed E-state index contributed by atoms with van der Waals surface area (Å²) in [5, 5.41) is 22.6. The molecule has 0 unspecified atom stereocenters. The molecule has 4 aromatic rings. The van der Waals surface area contributed by atoms with Crippen molar-refractivity contribution in [2.45, 2.75) is 32.1 Å². The number of hydrogen-bond acceptors (Lipinski definition) is 11. The standard InChI is InChI=1S/C27H29N5O4S3/c1-35-21-7-3-5-18(14-21)13-20(33)17-26-31-29-24(38-26)9-11-37-12-10-25-30-32-27(39-25)28-23(34)16-19-6-4-8-22(15-19)36-2/h3-8,14-15H,9-13,16-17H2,1-2H3,(H,28,32,34). The summed E-state index contributed by atoms with van der Waals surface area (Å²) in [6.07, 6.45) is 2.45. The molecule has 4 rings (SSSR count). The van der Waals surface area contributed by atoms with E-state index in [0.717, 1.165) is 62.0 Å². The number of anilines is 1. The van der Waals surface area contributed by atoms with Gasteiger partial charge in [-0.25, -0.2) is 0 Å². The Bertz CT molecular complexity index is 1290. The van der Waals surface area contributed by atoms with Crippen LogP contribution in [0.2, 0.25) is 0 Å². The van der Waals surface area contributed by atoms with Crippen LogP contribution in [-0.4, -0.2) is 57.8 Å². The van der Waals surface area contributed by atoms with Gasteiger partial charge in [-0.1, -0.05) is 35.6 Å². The molecule has 0 aliphatic carbocycles. The van der Waals surface area contributed by atoms with Gasteiger partial charge in [0.1, 0.15) is 32.3 Å². The number of ether oxygens (including phenoxy) is 2. The molecule has 2 aromatic heterocycles. The molecule has 204 valence electrons. The molecule has 0 bridgehead atoms. The second-order valence-corrected chi connectivity index (χ2v) is 12.0. The van der Waals surface area contributed by atoms with Crippen LogP contribution in [0.4, 0.5) is 5.13 Å². The number of amides is 1. The van der Waals surface area contributed by atoms with E-state index < -0.39 is 0 Å². The molecule has 2 heterocycles. The largest absolute Gasteiger partial charge is 0.497 e. The van der Waals surface area contributed by atoms with E-state index in [0.29, 0.717) is 11.6 Å². The van der Waals surface area contributed by atoms with Crippen molar-refractivity contribution >= 4 is 51.3 Å². The van der Waals surface area contributed by atoms with E-state index in [1.54, 1.807) is 26.0 Å². The van der Waals surface area contributed by atoms with Gasteiger partial charge in [0.2, 0.25) is 11.0 Å². The van der Waals surface area contributed by atoms with Crippen molar-refractivity contribution in [2.24, 2.45) is 0 Å². The second kappa shape index (κ2) is 14.7. The Morgan fingerprint density at radius 1 is 0.769 bits per heavy atom. The maximum atomic E-state index is 12.4. The molecule has 1 amide bonds. The van der Waals surface area contributed by atoms with Crippen LogP contribution in [-0.2, 0) is 41.7 Å². The van der Waals surface area contributed by atoms with Gasteiger partial charge in [-0.05, 0) is 46.9 Å². The molecule has 0 aliphatic rings. The van der Waals surface area contributed by atoms with E-state index in [1.165, 1.54) is 22.7 Å². The first-order chi connectivity index (χ1) is 19.0. The number of methoxy groups -OCH3 is 2. The van der Waals surface area contributed by atoms with Gasteiger partial charge in [-0.2, -0.15) is 11.8 Å². The van der Waals surface area contributed by atoms with E-state index in [4.69, 9.17) is 9.47 Å². The van der Waals surface area contributed by atoms with E-state index in [9.17, 15) is 9.59 Å². The number of thioether (sulfide) groups is 1. The molecule has 0 atom stereocenters. The predicted molar refractivity (Wildman–Crippen MR) is 155 cm³/mol. The van der Waals surface area contributed by atoms with Crippen molar-refractivity contribution in [3.8, 4) is 11.5 Å². The average molecular weight is 584 g/mol. The number of aromatic nitrogens is 4. The lowest BCUT2D eigenvalue weighted by Gasteiger charge is -2.04. The Morgan fingerprint density at radius 2 is 1.36 bits per heavy atom. The number of nitrogens with one attached hydrogen (secondary N) is 1. The van der Waals surface area contributed by atoms with Gasteiger partial charge in [-0.15, -0.1) is 31.7 Å². The summed E-state index contributed by atoms with van der Waals surface area (Å²) in [5.41, 5.74) is 1.80. The third-order valence-corrected chi connectivity index (χ3v) is 8.39. The van der Waals surface area contributed by atoms with Gasteiger partial charge in [0.15, 0.2) is 0 Å². The first-order valence-corrected chi connectivity index (χ1v) is 15.1. The van der Waals surface area contributed by atoms with Crippen molar-refractivity contribution in [3.63, 3.8) is 0 Å². The lowest BCUT2D eigenvalue weighted by Crippen LogP contribution is -2.14. The number of rotatable bonds is 15. The van der Waals surface area contributed by atoms with Crippen molar-refractivity contribution in [1.82, 2.24) is 20.4 Å². The van der Waals surface area contributed by atoms with E-state index in [-0.39, 0.29) is 24.5 Å². The zero-order valence-corrected chi connectivity index (χ0v) is 24.2. The Balaban J connectivity index is 1.12. The smallest absolute Gasteiger partial charge is 0.230 e. The number of ketones is 1. The third kappa shape index (κ3) is 9.41. The first-order valence-electron chi connectivity index (χ1n) is 12.3. The molecular weight excluding hydrogens is 555 g/mol. The number of nitrogens with zero attached hydrogens (tertiary/aromatic N) is 4. The van der Waals surface area contributed by atoms with Crippen molar-refractivity contribution in [3.05, 3.63) is 74.7 Å². The molecule has 12 heteroatoms. The van der Waals surface area contributed by atoms with Crippen LogP contribution in [0.5, 0.6) is 11.5 Å². The normalized spacial score (nSPS) is 10.8. The highest BCUT2D eigenvalue weighted by atomic mass is 32.2. The monoisotopic (exact) mass is 583 g/mol. The second-order valence-electron chi connectivity index (χ2n) is 8.52. The molecule has 0 radical (unpaired) electrons. The van der Waals surface area contributed by atoms with Gasteiger partial charge in [0.25, 0.3) is 0 Å². The van der Waals surface area contributed by atoms with Gasteiger partial charge in [0.05, 0.1) is 27.1 Å². The minimum atomic E-state index is -0.140. The predicted octanol–water partition coefficient (Wildman–Crippen LogP) is 4.46. The summed E-state index contributed by atoms with van der Waals surface area (Å²) in [7, 11) is 3.21. The van der Waals surface area contributed by atoms with E-state index in [1.807, 2.05) is 48.5 Å². The summed E-state index contributed by atoms with van der Waals surface area (Å²) in [5.74, 6) is 3.21. The number of hydrogen-bond donors (Lipinski definition) is 1. The van der Waals surface area contributed by atoms with Gasteiger partial charge in [-0.3, -0.25) is 9.59 Å². The fraction of sp³-hybridized carbons (Fsp3) is 0.333. The molecule has 9 nitrogen and oxygen atoms in total. The van der Waals surface area contributed by atoms with Gasteiger partial charge < -0.3 is 14.8 Å². The van der Waals surface area contributed by atoms with Crippen LogP contribution in [0.3, 0.4) is 0 Å². The Hall–Kier alpha value is -3.35. The summed E-state index contributed by atoms with van der Waals surface area (Å²) in [6.45, 7) is 0. The number of benzene rings is 2. The highest BCUT2D eigenvalue weighted by molar-refractivity contribution is 7.99. The highest BCUT2D eigenvalue weighted by Crippen LogP contribution is 2.20. The molecule has 0 saturated heterocycles. The molecule has 0 fully saturated rings. The summed E-state index contributed by atoms with van der Waals surface area (Å²) < 4.78 is 10.4. The maximum absolute atomic E-state index is 12.4. The third-order valence-electron chi connectivity index (χ3n) is 5.53. The molecule has 0 aliphatic heterocycles. The molecular formula is C27H29N5O4S3. The first kappa shape index (κ1) is 28.7. The van der Waals surface area contributed by atoms with Crippen LogP contribution in [0, 0.1) is 0 Å². The van der Waals surface area contributed by atoms with Crippen LogP contribution >= 0.6 is 34.4 Å². The molecule has 0 saturated carbocycles. The van der Waals surface area contributed by atoms with Crippen molar-refractivity contribution in [2.75, 3.05) is 31.0 Å². The Kier molecular flexibility index (Phi) is 10.8. The topological polar surface area (TPSA) is 116 Å². The molecule has 39 heavy (non-hydrogen) atoms. The van der Waals surface area contributed by atoms with Crippen LogP contribution in [0.1, 0.15) is 26.1 Å². The number of carbonyl (C=O) groups is 2. The fourth-order valence-corrected chi connectivity index (χ4v) is 6.43. The lowest BCUT2D eigenvalue weighted by molar-refractivity contribution is -0.118.